The molecule has 0 aliphatic heterocycles. The van der Waals surface area contributed by atoms with Crippen molar-refractivity contribution >= 4 is 0 Å². The van der Waals surface area contributed by atoms with E-state index in [1.165, 1.54) is 0 Å². The highest BCUT2D eigenvalue weighted by Crippen LogP contribution is 1.99. The number of hydrogen-bond acceptors (Lipinski definition) is 0. The molecule has 0 saturated carbocycles. The van der Waals surface area contributed by atoms with Gasteiger partial charge < -0.3 is 0 Å². The molecule has 0 amide bonds. The molecule has 0 spiro atoms. The molecule has 0 saturated heterocycles. The maximum atomic E-state index is 11.0. The minimum Gasteiger partial charge on any atom is -0.216 e. The summed E-state index contributed by atoms with van der Waals surface area (Å²) >= 11 is 0. The van der Waals surface area contributed by atoms with E-state index in [2.05, 4.69) is 0 Å². The second-order valence-electron chi connectivity index (χ2n) is 1.98. The molecule has 14 heavy (non-hydrogen) atoms. The largest absolute Gasteiger partial charge is 0.242 e. The van der Waals surface area contributed by atoms with Gasteiger partial charge in [-0.15, -0.1) is 0 Å². The molecule has 0 N–H and O–H groups in total. The predicted octanol–water partition coefficient (Wildman–Crippen LogP) is 4.25. The summed E-state index contributed by atoms with van der Waals surface area (Å²) in [7, 11) is 0. The van der Waals surface area contributed by atoms with Gasteiger partial charge in [-0.1, -0.05) is 12.2 Å². The van der Waals surface area contributed by atoms with Crippen molar-refractivity contribution in [2.45, 2.75) is 25.7 Å². The molecule has 0 rings (SSSR count). The van der Waals surface area contributed by atoms with E-state index < -0.39 is 25.7 Å². The van der Waals surface area contributed by atoms with E-state index in [1.807, 2.05) is 0 Å². The summed E-state index contributed by atoms with van der Waals surface area (Å²) in [6.45, 7) is 0. The van der Waals surface area contributed by atoms with Crippen LogP contribution in [-0.2, 0) is 0 Å². The Hall–Kier alpha value is -0.940. The van der Waals surface area contributed by atoms with Gasteiger partial charge >= 0.3 is 0 Å². The lowest BCUT2D eigenvalue weighted by molar-refractivity contribution is 0.151. The summed E-state index contributed by atoms with van der Waals surface area (Å²) in [6, 6.07) is 0. The Labute approximate surface area is 77.9 Å². The van der Waals surface area contributed by atoms with E-state index in [1.54, 1.807) is 0 Å². The summed E-state index contributed by atoms with van der Waals surface area (Å²) in [5.74, 6) is 0. The first-order valence-corrected chi connectivity index (χ1v) is 3.61. The Morgan fingerprint density at radius 2 is 1.00 bits per heavy atom. The summed E-state index contributed by atoms with van der Waals surface area (Å²) in [5, 5.41) is 0. The zero-order valence-electron chi connectivity index (χ0n) is 7.15. The Bertz CT molecular complexity index is 134. The fourth-order valence-corrected chi connectivity index (χ4v) is 0.309. The predicted molar refractivity (Wildman–Crippen MR) is 41.7 cm³/mol. The van der Waals surface area contributed by atoms with Gasteiger partial charge in [0, 0.05) is 12.8 Å². The van der Waals surface area contributed by atoms with Gasteiger partial charge in [0.05, 0.1) is 12.7 Å². The van der Waals surface area contributed by atoms with E-state index in [4.69, 9.17) is 0 Å². The quantitative estimate of drug-likeness (QED) is 0.621. The Morgan fingerprint density at radius 3 is 1.07 bits per heavy atom. The summed E-state index contributed by atoms with van der Waals surface area (Å²) in [6.07, 6.45) is -4.03. The molecular weight excluding hydrogens is 210 g/mol. The lowest BCUT2D eigenvalue weighted by Crippen LogP contribution is -1.83. The van der Waals surface area contributed by atoms with Crippen molar-refractivity contribution in [3.8, 4) is 0 Å². The van der Waals surface area contributed by atoms with Crippen molar-refractivity contribution in [3.63, 3.8) is 0 Å². The van der Waals surface area contributed by atoms with Gasteiger partial charge in [-0.2, -0.15) is 0 Å². The molecule has 0 radical (unpaired) electrons. The zero-order chi connectivity index (χ0) is 11.4. The van der Waals surface area contributed by atoms with Crippen molar-refractivity contribution in [3.05, 3.63) is 24.8 Å². The molecule has 0 nitrogen and oxygen atoms in total. The van der Waals surface area contributed by atoms with Crippen molar-refractivity contribution in [2.24, 2.45) is 0 Å². The van der Waals surface area contributed by atoms with Crippen LogP contribution in [-0.4, -0.2) is 12.9 Å². The maximum Gasteiger partial charge on any atom is 0.242 e. The molecule has 6 heteroatoms. The lowest BCUT2D eigenvalue weighted by atomic mass is 10.4. The SMILES string of the molecule is FC=CCC(F)F.FC=CCC(F)F. The standard InChI is InChI=1S/2C4H5F3/c2*5-3-1-2-4(6)7/h2*1,3-4H,2H2. The second-order valence-corrected chi connectivity index (χ2v) is 1.98. The van der Waals surface area contributed by atoms with Crippen LogP contribution in [0.15, 0.2) is 24.8 Å². The number of allylic oxidation sites excluding steroid dienone is 2. The summed E-state index contributed by atoms with van der Waals surface area (Å²) < 4.78 is 65.7. The average Bonchev–Trinajstić information content (AvgIpc) is 2.12. The van der Waals surface area contributed by atoms with Crippen LogP contribution in [0.4, 0.5) is 26.3 Å². The topological polar surface area (TPSA) is 0 Å². The van der Waals surface area contributed by atoms with Crippen molar-refractivity contribution in [1.82, 2.24) is 0 Å². The fraction of sp³-hybridized carbons (Fsp3) is 0.500. The highest BCUT2D eigenvalue weighted by Gasteiger charge is 1.95. The Kier molecular flexibility index (Phi) is 13.4. The van der Waals surface area contributed by atoms with Gasteiger partial charge in [-0.3, -0.25) is 0 Å². The van der Waals surface area contributed by atoms with Gasteiger partial charge in [0.15, 0.2) is 0 Å². The van der Waals surface area contributed by atoms with Crippen molar-refractivity contribution in [1.29, 1.82) is 0 Å². The molecule has 0 aromatic heterocycles. The van der Waals surface area contributed by atoms with Crippen LogP contribution in [0.5, 0.6) is 0 Å². The van der Waals surface area contributed by atoms with Crippen molar-refractivity contribution in [2.75, 3.05) is 0 Å². The molecule has 0 aromatic carbocycles. The van der Waals surface area contributed by atoms with Crippen LogP contribution in [0.25, 0.3) is 0 Å². The molecule has 0 aliphatic carbocycles. The zero-order valence-corrected chi connectivity index (χ0v) is 7.15. The minimum atomic E-state index is -2.42. The summed E-state index contributed by atoms with van der Waals surface area (Å²) in [4.78, 5) is 0. The molecular formula is C8H10F6. The lowest BCUT2D eigenvalue weighted by Gasteiger charge is -1.84. The molecule has 84 valence electrons. The monoisotopic (exact) mass is 220 g/mol. The first-order valence-electron chi connectivity index (χ1n) is 3.61. The maximum absolute atomic E-state index is 11.0. The van der Waals surface area contributed by atoms with Gasteiger partial charge in [0.2, 0.25) is 12.9 Å². The van der Waals surface area contributed by atoms with Gasteiger partial charge in [0.25, 0.3) is 0 Å². The fourth-order valence-electron chi connectivity index (χ4n) is 0.309. The smallest absolute Gasteiger partial charge is 0.216 e. The number of halogens is 6. The van der Waals surface area contributed by atoms with Gasteiger partial charge in [0.1, 0.15) is 0 Å². The molecule has 0 fully saturated rings. The first-order chi connectivity index (χ1) is 6.54. The van der Waals surface area contributed by atoms with Crippen LogP contribution in [0.1, 0.15) is 12.8 Å². The normalized spacial score (nSPS) is 11.4. The third kappa shape index (κ3) is 22.5. The van der Waals surface area contributed by atoms with Crippen LogP contribution < -0.4 is 0 Å². The van der Waals surface area contributed by atoms with Gasteiger partial charge in [-0.25, -0.2) is 26.3 Å². The number of rotatable bonds is 4. The van der Waals surface area contributed by atoms with E-state index in [0.29, 0.717) is 0 Å². The molecule has 0 aliphatic rings. The highest BCUT2D eigenvalue weighted by atomic mass is 19.3. The van der Waals surface area contributed by atoms with E-state index in [0.717, 1.165) is 12.2 Å². The Balaban J connectivity index is 0. The molecule has 0 bridgehead atoms. The number of hydrogen-bond donors (Lipinski definition) is 0. The highest BCUT2D eigenvalue weighted by molar-refractivity contribution is 4.72. The van der Waals surface area contributed by atoms with Crippen LogP contribution >= 0.6 is 0 Å². The second kappa shape index (κ2) is 12.1. The molecule has 0 heterocycles. The van der Waals surface area contributed by atoms with Crippen LogP contribution in [0.2, 0.25) is 0 Å². The third-order valence-corrected chi connectivity index (χ3v) is 0.807. The van der Waals surface area contributed by atoms with Crippen LogP contribution in [0, 0.1) is 0 Å². The molecule has 0 aromatic rings. The number of alkyl halides is 4. The summed E-state index contributed by atoms with van der Waals surface area (Å²) in [5.41, 5.74) is 0. The Morgan fingerprint density at radius 1 is 0.714 bits per heavy atom. The van der Waals surface area contributed by atoms with Gasteiger partial charge in [-0.05, 0) is 0 Å². The minimum absolute atomic E-state index is 0.117. The van der Waals surface area contributed by atoms with Crippen LogP contribution in [0.3, 0.4) is 0 Å². The van der Waals surface area contributed by atoms with Crippen molar-refractivity contribution < 1.29 is 26.3 Å². The van der Waals surface area contributed by atoms with E-state index >= 15 is 0 Å². The molecule has 0 unspecified atom stereocenters. The first kappa shape index (κ1) is 15.5. The van der Waals surface area contributed by atoms with E-state index in [-0.39, 0.29) is 12.7 Å². The third-order valence-electron chi connectivity index (χ3n) is 0.807. The van der Waals surface area contributed by atoms with E-state index in [9.17, 15) is 26.3 Å². The average molecular weight is 220 g/mol. The molecule has 0 atom stereocenters.